The molecule has 0 unspecified atom stereocenters. The molecule has 0 amide bonds. The summed E-state index contributed by atoms with van der Waals surface area (Å²) in [6.45, 7) is 8.17. The molecule has 3 heterocycles. The summed E-state index contributed by atoms with van der Waals surface area (Å²) in [5.74, 6) is 0.746. The van der Waals surface area contributed by atoms with Crippen LogP contribution in [0, 0.1) is 6.92 Å². The SMILES string of the molecule is CCn1nc(N[C@H](C)c2cccc(C(F)(F)F)c2C)c2cc(N3CCOCC3)c(C3CCC3)nc2c1=O. The van der Waals surface area contributed by atoms with Crippen molar-refractivity contribution in [3.8, 4) is 0 Å². The van der Waals surface area contributed by atoms with E-state index in [9.17, 15) is 18.0 Å². The molecule has 2 fully saturated rings. The molecule has 37 heavy (non-hydrogen) atoms. The minimum Gasteiger partial charge on any atom is -0.378 e. The van der Waals surface area contributed by atoms with Crippen LogP contribution in [0.4, 0.5) is 24.7 Å². The normalized spacial score (nSPS) is 17.6. The Morgan fingerprint density at radius 2 is 1.95 bits per heavy atom. The number of hydrogen-bond donors (Lipinski definition) is 1. The summed E-state index contributed by atoms with van der Waals surface area (Å²) in [6, 6.07) is 5.71. The molecule has 7 nitrogen and oxygen atoms in total. The molecule has 1 aliphatic carbocycles. The molecule has 2 aromatic heterocycles. The Labute approximate surface area is 213 Å². The number of aromatic nitrogens is 3. The molecular formula is C27H32F3N5O2. The van der Waals surface area contributed by atoms with E-state index in [-0.39, 0.29) is 11.1 Å². The third kappa shape index (κ3) is 4.79. The predicted molar refractivity (Wildman–Crippen MR) is 137 cm³/mol. The first-order valence-electron chi connectivity index (χ1n) is 12.9. The van der Waals surface area contributed by atoms with Gasteiger partial charge in [-0.25, -0.2) is 9.67 Å². The average Bonchev–Trinajstić information content (AvgIpc) is 2.84. The smallest absolute Gasteiger partial charge is 0.378 e. The predicted octanol–water partition coefficient (Wildman–Crippen LogP) is 5.42. The zero-order chi connectivity index (χ0) is 26.3. The van der Waals surface area contributed by atoms with Crippen molar-refractivity contribution in [3.63, 3.8) is 0 Å². The van der Waals surface area contributed by atoms with E-state index >= 15 is 0 Å². The van der Waals surface area contributed by atoms with Crippen molar-refractivity contribution in [1.29, 1.82) is 0 Å². The molecule has 1 aromatic carbocycles. The zero-order valence-electron chi connectivity index (χ0n) is 21.4. The number of alkyl halides is 3. The first kappa shape index (κ1) is 25.5. The fourth-order valence-electron chi connectivity index (χ4n) is 5.28. The van der Waals surface area contributed by atoms with E-state index in [4.69, 9.17) is 9.72 Å². The summed E-state index contributed by atoms with van der Waals surface area (Å²) in [4.78, 5) is 20.5. The van der Waals surface area contributed by atoms with Crippen molar-refractivity contribution in [2.45, 2.75) is 64.7 Å². The van der Waals surface area contributed by atoms with Gasteiger partial charge in [0.1, 0.15) is 5.52 Å². The highest BCUT2D eigenvalue weighted by Gasteiger charge is 2.34. The number of halogens is 3. The second-order valence-corrected chi connectivity index (χ2v) is 9.87. The van der Waals surface area contributed by atoms with Crippen LogP contribution in [0.2, 0.25) is 0 Å². The Balaban J connectivity index is 1.63. The van der Waals surface area contributed by atoms with Crippen LogP contribution in [0.15, 0.2) is 29.1 Å². The molecule has 0 spiro atoms. The Kier molecular flexibility index (Phi) is 6.87. The summed E-state index contributed by atoms with van der Waals surface area (Å²) in [6.07, 6.45) is -1.21. The number of benzene rings is 1. The summed E-state index contributed by atoms with van der Waals surface area (Å²) in [7, 11) is 0. The lowest BCUT2D eigenvalue weighted by atomic mass is 9.81. The van der Waals surface area contributed by atoms with E-state index in [1.165, 1.54) is 17.7 Å². The van der Waals surface area contributed by atoms with Gasteiger partial charge in [0.25, 0.3) is 5.56 Å². The number of hydrogen-bond acceptors (Lipinski definition) is 6. The van der Waals surface area contributed by atoms with E-state index < -0.39 is 17.8 Å². The van der Waals surface area contributed by atoms with Crippen LogP contribution < -0.4 is 15.8 Å². The van der Waals surface area contributed by atoms with Gasteiger partial charge in [0.2, 0.25) is 0 Å². The first-order valence-corrected chi connectivity index (χ1v) is 12.9. The molecule has 198 valence electrons. The van der Waals surface area contributed by atoms with Gasteiger partial charge in [0.15, 0.2) is 5.82 Å². The molecule has 0 radical (unpaired) electrons. The number of aryl methyl sites for hydroxylation is 1. The fourth-order valence-corrected chi connectivity index (χ4v) is 5.28. The third-order valence-corrected chi connectivity index (χ3v) is 7.59. The maximum atomic E-state index is 13.5. The lowest BCUT2D eigenvalue weighted by molar-refractivity contribution is -0.138. The highest BCUT2D eigenvalue weighted by atomic mass is 19.4. The van der Waals surface area contributed by atoms with E-state index in [1.807, 2.05) is 13.0 Å². The van der Waals surface area contributed by atoms with E-state index in [0.717, 1.165) is 49.8 Å². The number of ether oxygens (including phenoxy) is 1. The molecule has 2 aliphatic rings. The van der Waals surface area contributed by atoms with Crippen LogP contribution in [0.25, 0.3) is 10.9 Å². The Hall–Kier alpha value is -3.14. The van der Waals surface area contributed by atoms with Crippen LogP contribution >= 0.6 is 0 Å². The van der Waals surface area contributed by atoms with Gasteiger partial charge in [-0.05, 0) is 56.9 Å². The van der Waals surface area contributed by atoms with Crippen molar-refractivity contribution in [2.75, 3.05) is 36.5 Å². The van der Waals surface area contributed by atoms with Gasteiger partial charge in [-0.2, -0.15) is 18.3 Å². The molecular weight excluding hydrogens is 483 g/mol. The van der Waals surface area contributed by atoms with Crippen LogP contribution in [0.3, 0.4) is 0 Å². The van der Waals surface area contributed by atoms with E-state index in [2.05, 4.69) is 15.3 Å². The second-order valence-electron chi connectivity index (χ2n) is 9.87. The minimum absolute atomic E-state index is 0.169. The van der Waals surface area contributed by atoms with Crippen molar-refractivity contribution >= 4 is 22.4 Å². The maximum absolute atomic E-state index is 13.5. The Morgan fingerprint density at radius 3 is 2.57 bits per heavy atom. The van der Waals surface area contributed by atoms with Gasteiger partial charge in [-0.15, -0.1) is 0 Å². The zero-order valence-corrected chi connectivity index (χ0v) is 21.4. The average molecular weight is 516 g/mol. The van der Waals surface area contributed by atoms with Crippen LogP contribution in [-0.4, -0.2) is 41.1 Å². The third-order valence-electron chi connectivity index (χ3n) is 7.59. The van der Waals surface area contributed by atoms with Crippen LogP contribution in [0.1, 0.15) is 67.5 Å². The van der Waals surface area contributed by atoms with Gasteiger partial charge in [0.05, 0.1) is 41.6 Å². The fraction of sp³-hybridized carbons (Fsp3) is 0.519. The van der Waals surface area contributed by atoms with Crippen LogP contribution in [-0.2, 0) is 17.5 Å². The highest BCUT2D eigenvalue weighted by Crippen LogP contribution is 2.42. The standard InChI is InChI=1S/C27H32F3N5O2/c1-4-35-26(36)24-20(15-22(34-11-13-37-14-12-34)23(32-24)18-7-5-8-18)25(33-35)31-17(3)19-9-6-10-21(16(19)2)27(28,29)30/h6,9-10,15,17-18H,4-5,7-8,11-14H2,1-3H3,(H,31,33)/t17-/m1/s1. The molecule has 1 aliphatic heterocycles. The van der Waals surface area contributed by atoms with Gasteiger partial charge < -0.3 is 15.0 Å². The van der Waals surface area contributed by atoms with Crippen molar-refractivity contribution < 1.29 is 17.9 Å². The number of morpholine rings is 1. The molecule has 1 saturated carbocycles. The lowest BCUT2D eigenvalue weighted by Gasteiger charge is -2.34. The molecule has 1 saturated heterocycles. The number of fused-ring (bicyclic) bond motifs is 1. The lowest BCUT2D eigenvalue weighted by Crippen LogP contribution is -2.37. The molecule has 3 aromatic rings. The van der Waals surface area contributed by atoms with E-state index in [0.29, 0.717) is 48.0 Å². The summed E-state index contributed by atoms with van der Waals surface area (Å²) < 4.78 is 47.5. The minimum atomic E-state index is -4.44. The molecule has 5 rings (SSSR count). The molecule has 10 heteroatoms. The topological polar surface area (TPSA) is 72.3 Å². The maximum Gasteiger partial charge on any atom is 0.416 e. The number of nitrogens with one attached hydrogen (secondary N) is 1. The summed E-state index contributed by atoms with van der Waals surface area (Å²) in [5, 5.41) is 8.46. The number of anilines is 2. The number of pyridine rings is 1. The Morgan fingerprint density at radius 1 is 1.22 bits per heavy atom. The summed E-state index contributed by atoms with van der Waals surface area (Å²) >= 11 is 0. The number of rotatable bonds is 6. The van der Waals surface area contributed by atoms with Gasteiger partial charge >= 0.3 is 6.18 Å². The summed E-state index contributed by atoms with van der Waals surface area (Å²) in [5.41, 5.74) is 2.04. The largest absolute Gasteiger partial charge is 0.416 e. The van der Waals surface area contributed by atoms with Crippen molar-refractivity contribution in [2.24, 2.45) is 0 Å². The quantitative estimate of drug-likeness (QED) is 0.473. The first-order chi connectivity index (χ1) is 17.7. The van der Waals surface area contributed by atoms with E-state index in [1.54, 1.807) is 13.0 Å². The molecule has 0 bridgehead atoms. The molecule has 1 N–H and O–H groups in total. The number of nitrogens with zero attached hydrogens (tertiary/aromatic N) is 4. The molecule has 1 atom stereocenters. The second kappa shape index (κ2) is 9.96. The van der Waals surface area contributed by atoms with Gasteiger partial charge in [0, 0.05) is 25.6 Å². The highest BCUT2D eigenvalue weighted by molar-refractivity contribution is 5.91. The van der Waals surface area contributed by atoms with Gasteiger partial charge in [-0.3, -0.25) is 4.79 Å². The monoisotopic (exact) mass is 515 g/mol. The Bertz CT molecular complexity index is 1360. The van der Waals surface area contributed by atoms with Gasteiger partial charge in [-0.1, -0.05) is 18.6 Å². The van der Waals surface area contributed by atoms with Crippen molar-refractivity contribution in [3.05, 3.63) is 57.0 Å². The van der Waals surface area contributed by atoms with Crippen molar-refractivity contribution in [1.82, 2.24) is 14.8 Å². The van der Waals surface area contributed by atoms with Crippen LogP contribution in [0.5, 0.6) is 0 Å².